The number of methoxy groups -OCH3 is 1. The van der Waals surface area contributed by atoms with Gasteiger partial charge in [0.25, 0.3) is 0 Å². The summed E-state index contributed by atoms with van der Waals surface area (Å²) in [5.74, 6) is 0.638. The highest BCUT2D eigenvalue weighted by molar-refractivity contribution is 5.56. The lowest BCUT2D eigenvalue weighted by Crippen LogP contribution is -1.95. The summed E-state index contributed by atoms with van der Waals surface area (Å²) >= 11 is 0. The molecule has 0 saturated heterocycles. The van der Waals surface area contributed by atoms with Crippen LogP contribution in [-0.2, 0) is 6.54 Å². The van der Waals surface area contributed by atoms with Crippen molar-refractivity contribution in [3.05, 3.63) is 47.1 Å². The van der Waals surface area contributed by atoms with Gasteiger partial charge in [-0.2, -0.15) is 4.91 Å². The minimum Gasteiger partial charge on any atom is -0.497 e. The number of hydrogen-bond acceptors (Lipinski definition) is 5. The summed E-state index contributed by atoms with van der Waals surface area (Å²) in [4.78, 5) is 18.8. The summed E-state index contributed by atoms with van der Waals surface area (Å²) in [7, 11) is 1.57. The number of pyridine rings is 2. The molecule has 5 heteroatoms. The van der Waals surface area contributed by atoms with Crippen LogP contribution >= 0.6 is 0 Å². The van der Waals surface area contributed by atoms with Gasteiger partial charge in [0.1, 0.15) is 12.3 Å². The van der Waals surface area contributed by atoms with Gasteiger partial charge in [-0.25, -0.2) is 4.98 Å². The lowest BCUT2D eigenvalue weighted by atomic mass is 10.2. The Morgan fingerprint density at radius 3 is 2.82 bits per heavy atom. The second-order valence-electron chi connectivity index (χ2n) is 3.39. The van der Waals surface area contributed by atoms with Crippen LogP contribution in [0.25, 0.3) is 11.4 Å². The standard InChI is InChI=1S/C12H11N3O2/c1-17-10-6-9(8-14-16)15-12(7-10)11-4-2-3-5-13-11/h2-7H,8H2,1H3. The fraction of sp³-hybridized carbons (Fsp3) is 0.167. The van der Waals surface area contributed by atoms with Crippen LogP contribution in [0, 0.1) is 4.91 Å². The molecule has 0 fully saturated rings. The van der Waals surface area contributed by atoms with E-state index in [-0.39, 0.29) is 6.54 Å². The fourth-order valence-corrected chi connectivity index (χ4v) is 1.47. The van der Waals surface area contributed by atoms with Crippen LogP contribution < -0.4 is 4.74 Å². The smallest absolute Gasteiger partial charge is 0.123 e. The van der Waals surface area contributed by atoms with E-state index in [0.717, 1.165) is 5.69 Å². The number of ether oxygens (including phenoxy) is 1. The van der Waals surface area contributed by atoms with E-state index < -0.39 is 0 Å². The molecule has 5 nitrogen and oxygen atoms in total. The van der Waals surface area contributed by atoms with Crippen molar-refractivity contribution in [2.24, 2.45) is 5.18 Å². The first-order valence-electron chi connectivity index (χ1n) is 5.09. The minimum absolute atomic E-state index is 0.0248. The van der Waals surface area contributed by atoms with Crippen LogP contribution in [0.5, 0.6) is 5.75 Å². The molecule has 0 unspecified atom stereocenters. The van der Waals surface area contributed by atoms with Gasteiger partial charge in [-0.3, -0.25) is 4.98 Å². The minimum atomic E-state index is 0.0248. The van der Waals surface area contributed by atoms with E-state index in [1.54, 1.807) is 25.4 Å². The second-order valence-corrected chi connectivity index (χ2v) is 3.39. The zero-order chi connectivity index (χ0) is 12.1. The Kier molecular flexibility index (Phi) is 3.40. The number of rotatable bonds is 4. The number of nitroso groups, excluding NO2 is 1. The van der Waals surface area contributed by atoms with Crippen molar-refractivity contribution < 1.29 is 4.74 Å². The lowest BCUT2D eigenvalue weighted by molar-refractivity contribution is 0.413. The average molecular weight is 229 g/mol. The molecule has 2 heterocycles. The third-order valence-electron chi connectivity index (χ3n) is 2.24. The van der Waals surface area contributed by atoms with Gasteiger partial charge in [0.05, 0.1) is 24.2 Å². The summed E-state index contributed by atoms with van der Waals surface area (Å²) in [6.07, 6.45) is 1.69. The summed E-state index contributed by atoms with van der Waals surface area (Å²) in [6, 6.07) is 9.02. The maximum absolute atomic E-state index is 10.3. The zero-order valence-corrected chi connectivity index (χ0v) is 9.33. The predicted molar refractivity (Wildman–Crippen MR) is 63.5 cm³/mol. The van der Waals surface area contributed by atoms with Gasteiger partial charge in [0, 0.05) is 18.3 Å². The van der Waals surface area contributed by atoms with E-state index in [1.165, 1.54) is 0 Å². The van der Waals surface area contributed by atoms with Crippen LogP contribution in [0.4, 0.5) is 0 Å². The average Bonchev–Trinajstić information content (AvgIpc) is 2.40. The van der Waals surface area contributed by atoms with Gasteiger partial charge in [-0.15, -0.1) is 0 Å². The zero-order valence-electron chi connectivity index (χ0n) is 9.33. The molecule has 2 rings (SSSR count). The van der Waals surface area contributed by atoms with Crippen molar-refractivity contribution in [2.75, 3.05) is 7.11 Å². The molecule has 0 radical (unpaired) electrons. The van der Waals surface area contributed by atoms with Crippen LogP contribution in [-0.4, -0.2) is 17.1 Å². The molecule has 2 aromatic heterocycles. The topological polar surface area (TPSA) is 64.4 Å². The Morgan fingerprint density at radius 2 is 2.18 bits per heavy atom. The Morgan fingerprint density at radius 1 is 1.29 bits per heavy atom. The summed E-state index contributed by atoms with van der Waals surface area (Å²) in [5, 5.41) is 2.83. The maximum atomic E-state index is 10.3. The first-order valence-corrected chi connectivity index (χ1v) is 5.09. The molecule has 86 valence electrons. The van der Waals surface area contributed by atoms with E-state index in [0.29, 0.717) is 17.1 Å². The second kappa shape index (κ2) is 5.16. The quantitative estimate of drug-likeness (QED) is 0.755. The number of aromatic nitrogens is 2. The van der Waals surface area contributed by atoms with Crippen molar-refractivity contribution in [1.82, 2.24) is 9.97 Å². The van der Waals surface area contributed by atoms with E-state index in [4.69, 9.17) is 4.74 Å². The van der Waals surface area contributed by atoms with Crippen molar-refractivity contribution in [1.29, 1.82) is 0 Å². The molecule has 0 saturated carbocycles. The van der Waals surface area contributed by atoms with Crippen LogP contribution in [0.15, 0.2) is 41.7 Å². The molecule has 0 N–H and O–H groups in total. The number of nitrogens with zero attached hydrogens (tertiary/aromatic N) is 3. The van der Waals surface area contributed by atoms with Gasteiger partial charge < -0.3 is 4.74 Å². The Hall–Kier alpha value is -2.30. The van der Waals surface area contributed by atoms with E-state index in [9.17, 15) is 4.91 Å². The van der Waals surface area contributed by atoms with Gasteiger partial charge in [0.15, 0.2) is 0 Å². The van der Waals surface area contributed by atoms with Crippen molar-refractivity contribution >= 4 is 0 Å². The summed E-state index contributed by atoms with van der Waals surface area (Å²) in [6.45, 7) is 0.0248. The van der Waals surface area contributed by atoms with Crippen molar-refractivity contribution in [2.45, 2.75) is 6.54 Å². The highest BCUT2D eigenvalue weighted by atomic mass is 16.5. The molecular weight excluding hydrogens is 218 g/mol. The largest absolute Gasteiger partial charge is 0.497 e. The van der Waals surface area contributed by atoms with Gasteiger partial charge >= 0.3 is 0 Å². The first-order chi connectivity index (χ1) is 8.33. The van der Waals surface area contributed by atoms with Crippen LogP contribution in [0.1, 0.15) is 5.69 Å². The highest BCUT2D eigenvalue weighted by Gasteiger charge is 2.06. The molecule has 0 amide bonds. The predicted octanol–water partition coefficient (Wildman–Crippen LogP) is 2.42. The fourth-order valence-electron chi connectivity index (χ4n) is 1.47. The molecule has 0 aliphatic carbocycles. The molecule has 0 aromatic carbocycles. The molecule has 17 heavy (non-hydrogen) atoms. The number of hydrogen-bond donors (Lipinski definition) is 0. The highest BCUT2D eigenvalue weighted by Crippen LogP contribution is 2.21. The summed E-state index contributed by atoms with van der Waals surface area (Å²) in [5.41, 5.74) is 1.97. The van der Waals surface area contributed by atoms with Crippen molar-refractivity contribution in [3.8, 4) is 17.1 Å². The van der Waals surface area contributed by atoms with Gasteiger partial charge in [0.2, 0.25) is 0 Å². The molecule has 0 spiro atoms. The van der Waals surface area contributed by atoms with E-state index in [1.807, 2.05) is 18.2 Å². The Labute approximate surface area is 98.5 Å². The monoisotopic (exact) mass is 229 g/mol. The normalized spacial score (nSPS) is 9.94. The maximum Gasteiger partial charge on any atom is 0.123 e. The Balaban J connectivity index is 2.46. The van der Waals surface area contributed by atoms with E-state index in [2.05, 4.69) is 15.1 Å². The molecular formula is C12H11N3O2. The van der Waals surface area contributed by atoms with Gasteiger partial charge in [-0.1, -0.05) is 11.2 Å². The van der Waals surface area contributed by atoms with E-state index >= 15 is 0 Å². The third-order valence-corrected chi connectivity index (χ3v) is 2.24. The first kappa shape index (κ1) is 11.2. The SMILES string of the molecule is COc1cc(CN=O)nc(-c2ccccn2)c1. The van der Waals surface area contributed by atoms with Gasteiger partial charge in [-0.05, 0) is 12.1 Å². The third kappa shape index (κ3) is 2.63. The molecule has 0 aliphatic rings. The molecule has 2 aromatic rings. The van der Waals surface area contributed by atoms with Crippen molar-refractivity contribution in [3.63, 3.8) is 0 Å². The van der Waals surface area contributed by atoms with Crippen LogP contribution in [0.2, 0.25) is 0 Å². The lowest BCUT2D eigenvalue weighted by Gasteiger charge is -2.05. The molecule has 0 bridgehead atoms. The van der Waals surface area contributed by atoms with Crippen LogP contribution in [0.3, 0.4) is 0 Å². The summed E-state index contributed by atoms with van der Waals surface area (Å²) < 4.78 is 5.15. The molecule has 0 aliphatic heterocycles. The molecule has 0 atom stereocenters. The Bertz CT molecular complexity index is 514.